The Balaban J connectivity index is 2.49. The number of carboxylic acids is 1. The van der Waals surface area contributed by atoms with E-state index in [0.29, 0.717) is 24.8 Å². The lowest BCUT2D eigenvalue weighted by molar-refractivity contribution is 0.0697. The fraction of sp³-hybridized carbons (Fsp3) is 0.412. The van der Waals surface area contributed by atoms with Crippen molar-refractivity contribution in [3.63, 3.8) is 0 Å². The van der Waals surface area contributed by atoms with Gasteiger partial charge in [0.25, 0.3) is 0 Å². The number of carbonyl (C=O) groups is 1. The third-order valence-corrected chi connectivity index (χ3v) is 3.82. The fourth-order valence-corrected chi connectivity index (χ4v) is 2.72. The van der Waals surface area contributed by atoms with E-state index >= 15 is 0 Å². The summed E-state index contributed by atoms with van der Waals surface area (Å²) in [4.78, 5) is 23.3. The molecule has 2 rings (SSSR count). The molecule has 0 bridgehead atoms. The lowest BCUT2D eigenvalue weighted by atomic mass is 10.1. The molecule has 1 aromatic heterocycles. The molecular formula is C17H21NO4. The molecule has 0 aliphatic rings. The van der Waals surface area contributed by atoms with Crippen molar-refractivity contribution in [1.29, 1.82) is 0 Å². The number of nitrogens with zero attached hydrogens (tertiary/aromatic N) is 1. The molecule has 1 heterocycles. The molecule has 5 nitrogen and oxygen atoms in total. The summed E-state index contributed by atoms with van der Waals surface area (Å²) in [5.74, 6) is -1.04. The quantitative estimate of drug-likeness (QED) is 0.859. The zero-order valence-corrected chi connectivity index (χ0v) is 12.9. The highest BCUT2D eigenvalue weighted by atomic mass is 16.4. The van der Waals surface area contributed by atoms with Gasteiger partial charge in [0.2, 0.25) is 0 Å². The van der Waals surface area contributed by atoms with E-state index in [4.69, 9.17) is 5.11 Å². The van der Waals surface area contributed by atoms with Crippen LogP contribution in [0.1, 0.15) is 42.7 Å². The molecule has 0 saturated carbocycles. The summed E-state index contributed by atoms with van der Waals surface area (Å²) in [5, 5.41) is 18.8. The Morgan fingerprint density at radius 2 is 2.05 bits per heavy atom. The molecule has 118 valence electrons. The van der Waals surface area contributed by atoms with Crippen molar-refractivity contribution in [1.82, 2.24) is 4.57 Å². The summed E-state index contributed by atoms with van der Waals surface area (Å²) in [6.45, 7) is 4.45. The Kier molecular flexibility index (Phi) is 4.98. The summed E-state index contributed by atoms with van der Waals surface area (Å²) in [5.41, 5.74) is 1.64. The van der Waals surface area contributed by atoms with Gasteiger partial charge >= 0.3 is 5.97 Å². The average molecular weight is 303 g/mol. The number of aromatic nitrogens is 1. The van der Waals surface area contributed by atoms with Gasteiger partial charge in [0.1, 0.15) is 0 Å². The molecular weight excluding hydrogens is 282 g/mol. The van der Waals surface area contributed by atoms with Crippen LogP contribution in [0.2, 0.25) is 0 Å². The average Bonchev–Trinajstić information content (AvgIpc) is 2.46. The van der Waals surface area contributed by atoms with Gasteiger partial charge in [-0.3, -0.25) is 4.79 Å². The van der Waals surface area contributed by atoms with Crippen molar-refractivity contribution in [2.45, 2.75) is 45.8 Å². The van der Waals surface area contributed by atoms with Crippen LogP contribution in [0.15, 0.2) is 29.1 Å². The number of hydrogen-bond acceptors (Lipinski definition) is 3. The van der Waals surface area contributed by atoms with Gasteiger partial charge in [-0.2, -0.15) is 0 Å². The summed E-state index contributed by atoms with van der Waals surface area (Å²) in [7, 11) is 0. The van der Waals surface area contributed by atoms with Gasteiger partial charge in [-0.1, -0.05) is 0 Å². The van der Waals surface area contributed by atoms with Gasteiger partial charge in [-0.05, 0) is 51.3 Å². The number of benzene rings is 1. The van der Waals surface area contributed by atoms with Crippen LogP contribution < -0.4 is 5.43 Å². The summed E-state index contributed by atoms with van der Waals surface area (Å²) in [6.07, 6.45) is 1.86. The topological polar surface area (TPSA) is 79.5 Å². The maximum atomic E-state index is 12.3. The Labute approximate surface area is 128 Å². The van der Waals surface area contributed by atoms with Gasteiger partial charge < -0.3 is 14.8 Å². The molecule has 1 aromatic carbocycles. The minimum Gasteiger partial charge on any atom is -0.478 e. The molecule has 0 saturated heterocycles. The second kappa shape index (κ2) is 6.75. The van der Waals surface area contributed by atoms with Crippen LogP contribution in [-0.4, -0.2) is 26.9 Å². The second-order valence-electron chi connectivity index (χ2n) is 5.52. The van der Waals surface area contributed by atoms with Crippen molar-refractivity contribution < 1.29 is 15.0 Å². The molecule has 22 heavy (non-hydrogen) atoms. The van der Waals surface area contributed by atoms with Crippen LogP contribution in [0.25, 0.3) is 10.9 Å². The summed E-state index contributed by atoms with van der Waals surface area (Å²) in [6, 6.07) is 6.24. The van der Waals surface area contributed by atoms with E-state index in [0.717, 1.165) is 17.6 Å². The zero-order valence-electron chi connectivity index (χ0n) is 12.9. The van der Waals surface area contributed by atoms with Crippen molar-refractivity contribution in [2.24, 2.45) is 0 Å². The number of carboxylic acid groups (broad SMARTS) is 1. The Bertz CT molecular complexity index is 746. The first-order chi connectivity index (χ1) is 10.4. The van der Waals surface area contributed by atoms with E-state index in [-0.39, 0.29) is 17.1 Å². The first kappa shape index (κ1) is 16.2. The Morgan fingerprint density at radius 3 is 2.64 bits per heavy atom. The van der Waals surface area contributed by atoms with Crippen LogP contribution in [0.3, 0.4) is 0 Å². The van der Waals surface area contributed by atoms with E-state index in [2.05, 4.69) is 0 Å². The van der Waals surface area contributed by atoms with E-state index in [1.54, 1.807) is 19.1 Å². The van der Waals surface area contributed by atoms with E-state index in [1.165, 1.54) is 12.1 Å². The first-order valence-corrected chi connectivity index (χ1v) is 7.52. The smallest absolute Gasteiger partial charge is 0.335 e. The van der Waals surface area contributed by atoms with Gasteiger partial charge in [0, 0.05) is 23.7 Å². The molecule has 0 radical (unpaired) electrons. The first-order valence-electron chi connectivity index (χ1n) is 7.52. The molecule has 0 aliphatic carbocycles. The van der Waals surface area contributed by atoms with Crippen LogP contribution >= 0.6 is 0 Å². The highest BCUT2D eigenvalue weighted by Crippen LogP contribution is 2.17. The second-order valence-corrected chi connectivity index (χ2v) is 5.52. The largest absolute Gasteiger partial charge is 0.478 e. The lowest BCUT2D eigenvalue weighted by Crippen LogP contribution is -2.15. The van der Waals surface area contributed by atoms with E-state index < -0.39 is 5.97 Å². The molecule has 5 heteroatoms. The molecule has 1 unspecified atom stereocenters. The SMILES string of the molecule is CCn1c(CCCC(C)O)cc(=O)c2cc(C(=O)O)ccc21. The van der Waals surface area contributed by atoms with Crippen molar-refractivity contribution >= 4 is 16.9 Å². The number of rotatable bonds is 6. The number of aromatic carboxylic acids is 1. The number of aliphatic hydroxyl groups is 1. The standard InChI is InChI=1S/C17H21NO4/c1-3-18-13(6-4-5-11(2)19)10-16(20)14-9-12(17(21)22)7-8-15(14)18/h7-11,19H,3-6H2,1-2H3,(H,21,22). The molecule has 2 N–H and O–H groups in total. The van der Waals surface area contributed by atoms with Crippen LogP contribution in [-0.2, 0) is 13.0 Å². The molecule has 0 amide bonds. The molecule has 0 fully saturated rings. The minimum absolute atomic E-state index is 0.120. The highest BCUT2D eigenvalue weighted by Gasteiger charge is 2.11. The van der Waals surface area contributed by atoms with Gasteiger partial charge in [-0.25, -0.2) is 4.79 Å². The normalized spacial score (nSPS) is 12.5. The zero-order chi connectivity index (χ0) is 16.3. The Morgan fingerprint density at radius 1 is 1.32 bits per heavy atom. The monoisotopic (exact) mass is 303 g/mol. The number of fused-ring (bicyclic) bond motifs is 1. The highest BCUT2D eigenvalue weighted by molar-refractivity contribution is 5.93. The van der Waals surface area contributed by atoms with Gasteiger partial charge in [-0.15, -0.1) is 0 Å². The molecule has 0 spiro atoms. The lowest BCUT2D eigenvalue weighted by Gasteiger charge is -2.16. The third-order valence-electron chi connectivity index (χ3n) is 3.82. The molecule has 0 aliphatic heterocycles. The van der Waals surface area contributed by atoms with Crippen LogP contribution in [0.4, 0.5) is 0 Å². The predicted molar refractivity (Wildman–Crippen MR) is 85.5 cm³/mol. The third kappa shape index (κ3) is 3.36. The minimum atomic E-state index is -1.04. The fourth-order valence-electron chi connectivity index (χ4n) is 2.72. The van der Waals surface area contributed by atoms with Crippen molar-refractivity contribution in [3.8, 4) is 0 Å². The van der Waals surface area contributed by atoms with Gasteiger partial charge in [0.05, 0.1) is 17.2 Å². The number of pyridine rings is 1. The van der Waals surface area contributed by atoms with Gasteiger partial charge in [0.15, 0.2) is 5.43 Å². The van der Waals surface area contributed by atoms with E-state index in [1.807, 2.05) is 11.5 Å². The van der Waals surface area contributed by atoms with Crippen molar-refractivity contribution in [3.05, 3.63) is 45.7 Å². The van der Waals surface area contributed by atoms with Crippen LogP contribution in [0, 0.1) is 0 Å². The number of aryl methyl sites for hydroxylation is 2. The van der Waals surface area contributed by atoms with Crippen LogP contribution in [0.5, 0.6) is 0 Å². The Hall–Kier alpha value is -2.14. The summed E-state index contributed by atoms with van der Waals surface area (Å²) < 4.78 is 2.03. The summed E-state index contributed by atoms with van der Waals surface area (Å²) >= 11 is 0. The molecule has 2 aromatic rings. The molecule has 1 atom stereocenters. The predicted octanol–water partition coefficient (Wildman–Crippen LogP) is 2.42. The maximum Gasteiger partial charge on any atom is 0.335 e. The van der Waals surface area contributed by atoms with E-state index in [9.17, 15) is 14.7 Å². The maximum absolute atomic E-state index is 12.3. The number of hydrogen-bond donors (Lipinski definition) is 2. The number of aliphatic hydroxyl groups excluding tert-OH is 1. The van der Waals surface area contributed by atoms with Crippen molar-refractivity contribution in [2.75, 3.05) is 0 Å².